The monoisotopic (exact) mass is 251 g/mol. The molecule has 0 saturated heterocycles. The highest BCUT2D eigenvalue weighted by molar-refractivity contribution is 5.13. The molecule has 1 aliphatic rings. The van der Waals surface area contributed by atoms with Crippen molar-refractivity contribution in [2.75, 3.05) is 13.6 Å². The van der Waals surface area contributed by atoms with Gasteiger partial charge in [-0.05, 0) is 52.1 Å². The summed E-state index contributed by atoms with van der Waals surface area (Å²) in [6.07, 6.45) is 6.62. The van der Waals surface area contributed by atoms with Gasteiger partial charge >= 0.3 is 0 Å². The van der Waals surface area contributed by atoms with Crippen molar-refractivity contribution in [1.29, 1.82) is 5.26 Å². The van der Waals surface area contributed by atoms with Gasteiger partial charge in [0, 0.05) is 12.1 Å². The number of nitriles is 1. The second kappa shape index (κ2) is 7.11. The summed E-state index contributed by atoms with van der Waals surface area (Å²) in [6, 6.07) is 3.77. The van der Waals surface area contributed by atoms with Crippen LogP contribution in [0, 0.1) is 11.3 Å². The lowest BCUT2D eigenvalue weighted by atomic mass is 9.98. The zero-order chi connectivity index (χ0) is 13.6. The molecule has 0 radical (unpaired) electrons. The van der Waals surface area contributed by atoms with E-state index >= 15 is 0 Å². The fraction of sp³-hybridized carbons (Fsp3) is 0.933. The maximum Gasteiger partial charge on any atom is 0.108 e. The minimum Gasteiger partial charge on any atom is -0.300 e. The van der Waals surface area contributed by atoms with Gasteiger partial charge in [0.25, 0.3) is 0 Å². The predicted octanol–water partition coefficient (Wildman–Crippen LogP) is 2.92. The molecule has 0 aromatic carbocycles. The molecule has 1 rings (SSSR count). The fourth-order valence-electron chi connectivity index (χ4n) is 3.20. The van der Waals surface area contributed by atoms with Crippen LogP contribution in [-0.2, 0) is 0 Å². The summed E-state index contributed by atoms with van der Waals surface area (Å²) < 4.78 is 0. The van der Waals surface area contributed by atoms with Crippen molar-refractivity contribution in [2.45, 2.75) is 76.9 Å². The molecule has 0 aromatic rings. The van der Waals surface area contributed by atoms with E-state index in [4.69, 9.17) is 0 Å². The molecule has 0 bridgehead atoms. The summed E-state index contributed by atoms with van der Waals surface area (Å²) in [7, 11) is 2.23. The van der Waals surface area contributed by atoms with E-state index < -0.39 is 0 Å². The Morgan fingerprint density at radius 1 is 1.39 bits per heavy atom. The molecule has 1 N–H and O–H groups in total. The van der Waals surface area contributed by atoms with Crippen molar-refractivity contribution in [3.8, 4) is 6.07 Å². The van der Waals surface area contributed by atoms with E-state index in [1.165, 1.54) is 12.8 Å². The molecule has 1 saturated carbocycles. The van der Waals surface area contributed by atoms with Gasteiger partial charge in [0.05, 0.1) is 6.07 Å². The van der Waals surface area contributed by atoms with E-state index in [0.717, 1.165) is 32.2 Å². The van der Waals surface area contributed by atoms with Gasteiger partial charge in [0.1, 0.15) is 5.54 Å². The molecule has 0 aromatic heterocycles. The molecule has 0 heterocycles. The van der Waals surface area contributed by atoms with Crippen LogP contribution in [0.15, 0.2) is 0 Å². The number of nitrogens with one attached hydrogen (secondary N) is 1. The summed E-state index contributed by atoms with van der Waals surface area (Å²) >= 11 is 0. The van der Waals surface area contributed by atoms with Crippen LogP contribution < -0.4 is 5.32 Å². The molecule has 2 unspecified atom stereocenters. The Morgan fingerprint density at radius 3 is 2.56 bits per heavy atom. The SMILES string of the molecule is CCCNC1(C#N)CCC(N(C)C(CC)CC)C1. The van der Waals surface area contributed by atoms with Crippen LogP contribution in [0.5, 0.6) is 0 Å². The van der Waals surface area contributed by atoms with Gasteiger partial charge < -0.3 is 4.90 Å². The molecule has 3 heteroatoms. The summed E-state index contributed by atoms with van der Waals surface area (Å²) in [5.74, 6) is 0. The predicted molar refractivity (Wildman–Crippen MR) is 76.4 cm³/mol. The normalized spacial score (nSPS) is 27.9. The minimum absolute atomic E-state index is 0.263. The summed E-state index contributed by atoms with van der Waals surface area (Å²) in [6.45, 7) is 7.62. The minimum atomic E-state index is -0.263. The second-order valence-electron chi connectivity index (χ2n) is 5.65. The van der Waals surface area contributed by atoms with E-state index in [1.807, 2.05) is 0 Å². The number of nitrogens with zero attached hydrogens (tertiary/aromatic N) is 2. The molecular weight excluding hydrogens is 222 g/mol. The summed E-state index contributed by atoms with van der Waals surface area (Å²) in [5.41, 5.74) is -0.263. The molecule has 0 spiro atoms. The van der Waals surface area contributed by atoms with E-state index in [1.54, 1.807) is 0 Å². The van der Waals surface area contributed by atoms with E-state index in [2.05, 4.69) is 44.1 Å². The average molecular weight is 251 g/mol. The van der Waals surface area contributed by atoms with Gasteiger partial charge in [-0.25, -0.2) is 0 Å². The first-order valence-electron chi connectivity index (χ1n) is 7.50. The maximum atomic E-state index is 9.46. The molecule has 0 aliphatic heterocycles. The van der Waals surface area contributed by atoms with Crippen molar-refractivity contribution >= 4 is 0 Å². The lowest BCUT2D eigenvalue weighted by Gasteiger charge is -2.33. The van der Waals surface area contributed by atoms with Crippen LogP contribution in [-0.4, -0.2) is 36.1 Å². The fourth-order valence-corrected chi connectivity index (χ4v) is 3.20. The highest BCUT2D eigenvalue weighted by Gasteiger charge is 2.41. The lowest BCUT2D eigenvalue weighted by molar-refractivity contribution is 0.160. The van der Waals surface area contributed by atoms with Gasteiger partial charge in [-0.3, -0.25) is 5.32 Å². The van der Waals surface area contributed by atoms with Crippen LogP contribution >= 0.6 is 0 Å². The number of hydrogen-bond donors (Lipinski definition) is 1. The summed E-state index contributed by atoms with van der Waals surface area (Å²) in [5, 5.41) is 12.9. The van der Waals surface area contributed by atoms with Gasteiger partial charge in [-0.2, -0.15) is 5.26 Å². The first-order valence-corrected chi connectivity index (χ1v) is 7.50. The topological polar surface area (TPSA) is 39.1 Å². The Labute approximate surface area is 113 Å². The molecule has 104 valence electrons. The second-order valence-corrected chi connectivity index (χ2v) is 5.65. The van der Waals surface area contributed by atoms with Crippen molar-refractivity contribution in [2.24, 2.45) is 0 Å². The zero-order valence-corrected chi connectivity index (χ0v) is 12.5. The smallest absolute Gasteiger partial charge is 0.108 e. The van der Waals surface area contributed by atoms with Crippen LogP contribution in [0.25, 0.3) is 0 Å². The molecular formula is C15H29N3. The third-order valence-corrected chi connectivity index (χ3v) is 4.51. The Morgan fingerprint density at radius 2 is 2.06 bits per heavy atom. The first-order chi connectivity index (χ1) is 8.62. The number of hydrogen-bond acceptors (Lipinski definition) is 3. The van der Waals surface area contributed by atoms with Crippen molar-refractivity contribution < 1.29 is 0 Å². The van der Waals surface area contributed by atoms with Crippen molar-refractivity contribution in [1.82, 2.24) is 10.2 Å². The third-order valence-electron chi connectivity index (χ3n) is 4.51. The number of rotatable bonds is 7. The van der Waals surface area contributed by atoms with E-state index in [9.17, 15) is 5.26 Å². The molecule has 3 nitrogen and oxygen atoms in total. The Hall–Kier alpha value is -0.590. The molecule has 1 aliphatic carbocycles. The van der Waals surface area contributed by atoms with Gasteiger partial charge in [-0.1, -0.05) is 20.8 Å². The van der Waals surface area contributed by atoms with Gasteiger partial charge in [-0.15, -0.1) is 0 Å². The Kier molecular flexibility index (Phi) is 6.11. The van der Waals surface area contributed by atoms with Gasteiger partial charge in [0.15, 0.2) is 0 Å². The van der Waals surface area contributed by atoms with E-state index in [0.29, 0.717) is 12.1 Å². The van der Waals surface area contributed by atoms with Crippen molar-refractivity contribution in [3.63, 3.8) is 0 Å². The van der Waals surface area contributed by atoms with Crippen LogP contribution in [0.3, 0.4) is 0 Å². The molecule has 0 amide bonds. The van der Waals surface area contributed by atoms with Crippen LogP contribution in [0.4, 0.5) is 0 Å². The average Bonchev–Trinajstić information content (AvgIpc) is 2.83. The largest absolute Gasteiger partial charge is 0.300 e. The quantitative estimate of drug-likeness (QED) is 0.756. The summed E-state index contributed by atoms with van der Waals surface area (Å²) in [4.78, 5) is 2.51. The lowest BCUT2D eigenvalue weighted by Crippen LogP contribution is -2.45. The van der Waals surface area contributed by atoms with Crippen LogP contribution in [0.2, 0.25) is 0 Å². The van der Waals surface area contributed by atoms with Crippen LogP contribution in [0.1, 0.15) is 59.3 Å². The molecule has 1 fully saturated rings. The zero-order valence-electron chi connectivity index (χ0n) is 12.5. The van der Waals surface area contributed by atoms with Gasteiger partial charge in [0.2, 0.25) is 0 Å². The highest BCUT2D eigenvalue weighted by atomic mass is 15.2. The van der Waals surface area contributed by atoms with Crippen molar-refractivity contribution in [3.05, 3.63) is 0 Å². The Bertz CT molecular complexity index is 280. The highest BCUT2D eigenvalue weighted by Crippen LogP contribution is 2.33. The maximum absolute atomic E-state index is 9.46. The molecule has 2 atom stereocenters. The third kappa shape index (κ3) is 3.46. The standard InChI is InChI=1S/C15H29N3/c1-5-10-17-15(12-16)9-8-14(11-15)18(4)13(6-2)7-3/h13-14,17H,5-11H2,1-4H3. The van der Waals surface area contributed by atoms with E-state index in [-0.39, 0.29) is 5.54 Å². The first kappa shape index (κ1) is 15.5. The molecule has 18 heavy (non-hydrogen) atoms. The Balaban J connectivity index is 2.60.